The maximum Gasteiger partial charge on any atom is 0.308 e. The third kappa shape index (κ3) is 4.64. The molecule has 1 aliphatic heterocycles. The summed E-state index contributed by atoms with van der Waals surface area (Å²) in [7, 11) is -3.72. The number of aliphatic carboxylic acids is 1. The number of carbonyl (C=O) groups excluding carboxylic acids is 1. The second-order valence-corrected chi connectivity index (χ2v) is 8.44. The third-order valence-corrected chi connectivity index (χ3v) is 6.24. The number of hydrogen-bond donors (Lipinski definition) is 2. The quantitative estimate of drug-likeness (QED) is 0.783. The van der Waals surface area contributed by atoms with Crippen molar-refractivity contribution >= 4 is 32.7 Å². The first kappa shape index (κ1) is 19.3. The number of piperidine rings is 1. The molecular formula is C19H22N2O5S. The average molecular weight is 390 g/mol. The van der Waals surface area contributed by atoms with Crippen LogP contribution in [0.4, 0.5) is 0 Å². The van der Waals surface area contributed by atoms with Gasteiger partial charge in [0.2, 0.25) is 15.9 Å². The van der Waals surface area contributed by atoms with Crippen molar-refractivity contribution in [2.45, 2.75) is 24.2 Å². The first-order valence-corrected chi connectivity index (χ1v) is 10.3. The summed E-state index contributed by atoms with van der Waals surface area (Å²) in [5.74, 6) is -1.68. The Labute approximate surface area is 158 Å². The number of amides is 1. The van der Waals surface area contributed by atoms with E-state index in [0.29, 0.717) is 19.4 Å². The largest absolute Gasteiger partial charge is 0.481 e. The van der Waals surface area contributed by atoms with Crippen LogP contribution in [-0.2, 0) is 19.6 Å². The predicted molar refractivity (Wildman–Crippen MR) is 101 cm³/mol. The van der Waals surface area contributed by atoms with E-state index in [1.165, 1.54) is 11.0 Å². The number of hydrogen-bond acceptors (Lipinski definition) is 4. The smallest absolute Gasteiger partial charge is 0.308 e. The van der Waals surface area contributed by atoms with Crippen LogP contribution in [0.2, 0.25) is 0 Å². The summed E-state index contributed by atoms with van der Waals surface area (Å²) in [4.78, 5) is 25.0. The number of carboxylic acid groups (broad SMARTS) is 1. The molecule has 0 aromatic heterocycles. The minimum atomic E-state index is -3.72. The SMILES string of the molecule is O=C(O)[C@H]1CCCN(C(=O)CCNS(=O)(=O)c2ccc3ccccc3c2)C1. The number of carboxylic acids is 1. The Hall–Kier alpha value is -2.45. The molecule has 1 atom stereocenters. The number of likely N-dealkylation sites (tertiary alicyclic amines) is 1. The summed E-state index contributed by atoms with van der Waals surface area (Å²) in [6, 6.07) is 12.3. The summed E-state index contributed by atoms with van der Waals surface area (Å²) >= 11 is 0. The van der Waals surface area contributed by atoms with Gasteiger partial charge in [-0.25, -0.2) is 13.1 Å². The van der Waals surface area contributed by atoms with Crippen molar-refractivity contribution in [3.8, 4) is 0 Å². The van der Waals surface area contributed by atoms with Gasteiger partial charge in [-0.05, 0) is 35.7 Å². The number of fused-ring (bicyclic) bond motifs is 1. The molecule has 2 aromatic carbocycles. The van der Waals surface area contributed by atoms with Gasteiger partial charge in [-0.2, -0.15) is 0 Å². The van der Waals surface area contributed by atoms with Crippen molar-refractivity contribution in [2.24, 2.45) is 5.92 Å². The Kier molecular flexibility index (Phi) is 5.76. The van der Waals surface area contributed by atoms with Gasteiger partial charge in [0.15, 0.2) is 0 Å². The van der Waals surface area contributed by atoms with Crippen molar-refractivity contribution in [3.05, 3.63) is 42.5 Å². The lowest BCUT2D eigenvalue weighted by atomic mass is 9.98. The Morgan fingerprint density at radius 3 is 2.63 bits per heavy atom. The van der Waals surface area contributed by atoms with Crippen LogP contribution in [0.5, 0.6) is 0 Å². The van der Waals surface area contributed by atoms with Crippen LogP contribution in [0.1, 0.15) is 19.3 Å². The predicted octanol–water partition coefficient (Wildman–Crippen LogP) is 1.83. The molecule has 0 bridgehead atoms. The van der Waals surface area contributed by atoms with Crippen LogP contribution in [0.15, 0.2) is 47.4 Å². The molecule has 0 spiro atoms. The molecule has 7 nitrogen and oxygen atoms in total. The van der Waals surface area contributed by atoms with Gasteiger partial charge < -0.3 is 10.0 Å². The lowest BCUT2D eigenvalue weighted by Crippen LogP contribution is -2.43. The van der Waals surface area contributed by atoms with E-state index in [1.807, 2.05) is 24.3 Å². The number of rotatable bonds is 6. The highest BCUT2D eigenvalue weighted by molar-refractivity contribution is 7.89. The van der Waals surface area contributed by atoms with E-state index in [-0.39, 0.29) is 30.3 Å². The molecule has 2 aromatic rings. The molecule has 2 N–H and O–H groups in total. The molecule has 0 unspecified atom stereocenters. The van der Waals surface area contributed by atoms with Crippen molar-refractivity contribution in [2.75, 3.05) is 19.6 Å². The molecule has 1 fully saturated rings. The minimum absolute atomic E-state index is 0.000843. The van der Waals surface area contributed by atoms with Gasteiger partial charge in [0, 0.05) is 26.1 Å². The van der Waals surface area contributed by atoms with E-state index in [9.17, 15) is 18.0 Å². The van der Waals surface area contributed by atoms with Crippen molar-refractivity contribution < 1.29 is 23.1 Å². The maximum atomic E-state index is 12.5. The van der Waals surface area contributed by atoms with Gasteiger partial charge in [0.05, 0.1) is 10.8 Å². The number of nitrogens with one attached hydrogen (secondary N) is 1. The number of benzene rings is 2. The molecule has 0 aliphatic carbocycles. The van der Waals surface area contributed by atoms with Crippen LogP contribution < -0.4 is 4.72 Å². The molecule has 27 heavy (non-hydrogen) atoms. The lowest BCUT2D eigenvalue weighted by Gasteiger charge is -2.30. The molecule has 1 saturated heterocycles. The highest BCUT2D eigenvalue weighted by Crippen LogP contribution is 2.19. The summed E-state index contributed by atoms with van der Waals surface area (Å²) in [5, 5.41) is 10.9. The standard InChI is InChI=1S/C19H22N2O5S/c22-18(21-11-3-6-16(13-21)19(23)24)9-10-20-27(25,26)17-8-7-14-4-1-2-5-15(14)12-17/h1-2,4-5,7-8,12,16,20H,3,6,9-11,13H2,(H,23,24)/t16-/m0/s1. The molecule has 144 valence electrons. The normalized spacial score (nSPS) is 17.8. The Morgan fingerprint density at radius 2 is 1.89 bits per heavy atom. The molecule has 1 heterocycles. The van der Waals surface area contributed by atoms with Crippen LogP contribution in [-0.4, -0.2) is 49.9 Å². The van der Waals surface area contributed by atoms with Gasteiger partial charge in [0.25, 0.3) is 0 Å². The third-order valence-electron chi connectivity index (χ3n) is 4.79. The highest BCUT2D eigenvalue weighted by Gasteiger charge is 2.28. The van der Waals surface area contributed by atoms with Gasteiger partial charge >= 0.3 is 5.97 Å². The van der Waals surface area contributed by atoms with Crippen molar-refractivity contribution in [1.29, 1.82) is 0 Å². The average Bonchev–Trinajstić information content (AvgIpc) is 2.67. The molecule has 0 radical (unpaired) electrons. The van der Waals surface area contributed by atoms with Crippen LogP contribution in [0.25, 0.3) is 10.8 Å². The molecule has 1 amide bonds. The Bertz CT molecular complexity index is 957. The van der Waals surface area contributed by atoms with Gasteiger partial charge in [0.1, 0.15) is 0 Å². The fourth-order valence-corrected chi connectivity index (χ4v) is 4.34. The summed E-state index contributed by atoms with van der Waals surface area (Å²) in [5.41, 5.74) is 0. The van der Waals surface area contributed by atoms with Crippen molar-refractivity contribution in [1.82, 2.24) is 9.62 Å². The number of carbonyl (C=O) groups is 2. The fraction of sp³-hybridized carbons (Fsp3) is 0.368. The lowest BCUT2D eigenvalue weighted by molar-refractivity contribution is -0.145. The van der Waals surface area contributed by atoms with E-state index >= 15 is 0 Å². The van der Waals surface area contributed by atoms with Gasteiger partial charge in [-0.3, -0.25) is 9.59 Å². The van der Waals surface area contributed by atoms with E-state index in [0.717, 1.165) is 10.8 Å². The molecule has 8 heteroatoms. The minimum Gasteiger partial charge on any atom is -0.481 e. The first-order valence-electron chi connectivity index (χ1n) is 8.86. The van der Waals surface area contributed by atoms with Crippen LogP contribution in [0, 0.1) is 5.92 Å². The highest BCUT2D eigenvalue weighted by atomic mass is 32.2. The zero-order valence-corrected chi connectivity index (χ0v) is 15.6. The van der Waals surface area contributed by atoms with Crippen LogP contribution in [0.3, 0.4) is 0 Å². The van der Waals surface area contributed by atoms with E-state index in [4.69, 9.17) is 5.11 Å². The molecule has 0 saturated carbocycles. The molecule has 1 aliphatic rings. The summed E-state index contributed by atoms with van der Waals surface area (Å²) < 4.78 is 27.4. The zero-order valence-electron chi connectivity index (χ0n) is 14.8. The van der Waals surface area contributed by atoms with E-state index in [1.54, 1.807) is 12.1 Å². The summed E-state index contributed by atoms with van der Waals surface area (Å²) in [6.45, 7) is 0.674. The molecular weight excluding hydrogens is 368 g/mol. The monoisotopic (exact) mass is 390 g/mol. The van der Waals surface area contributed by atoms with E-state index in [2.05, 4.69) is 4.72 Å². The van der Waals surface area contributed by atoms with Gasteiger partial charge in [-0.15, -0.1) is 0 Å². The van der Waals surface area contributed by atoms with Crippen molar-refractivity contribution in [3.63, 3.8) is 0 Å². The van der Waals surface area contributed by atoms with Crippen LogP contribution >= 0.6 is 0 Å². The topological polar surface area (TPSA) is 104 Å². The first-order chi connectivity index (χ1) is 12.9. The molecule has 3 rings (SSSR count). The Balaban J connectivity index is 1.58. The van der Waals surface area contributed by atoms with E-state index < -0.39 is 21.9 Å². The fourth-order valence-electron chi connectivity index (χ4n) is 3.27. The van der Waals surface area contributed by atoms with Gasteiger partial charge in [-0.1, -0.05) is 30.3 Å². The second-order valence-electron chi connectivity index (χ2n) is 6.67. The Morgan fingerprint density at radius 1 is 1.15 bits per heavy atom. The summed E-state index contributed by atoms with van der Waals surface area (Å²) in [6.07, 6.45) is 1.21. The zero-order chi connectivity index (χ0) is 19.4. The number of sulfonamides is 1. The number of nitrogens with zero attached hydrogens (tertiary/aromatic N) is 1. The second kappa shape index (κ2) is 8.06. The maximum absolute atomic E-state index is 12.5.